The van der Waals surface area contributed by atoms with Gasteiger partial charge < -0.3 is 15.4 Å². The lowest BCUT2D eigenvalue weighted by Gasteiger charge is -2.22. The number of ether oxygens (including phenoxy) is 1. The van der Waals surface area contributed by atoms with Crippen molar-refractivity contribution >= 4 is 5.91 Å². The lowest BCUT2D eigenvalue weighted by molar-refractivity contribution is -0.121. The first kappa shape index (κ1) is 15.8. The summed E-state index contributed by atoms with van der Waals surface area (Å²) in [5.74, 6) is 0.995. The monoisotopic (exact) mass is 290 g/mol. The van der Waals surface area contributed by atoms with Crippen molar-refractivity contribution in [1.29, 1.82) is 0 Å². The van der Waals surface area contributed by atoms with Crippen molar-refractivity contribution in [2.45, 2.75) is 44.6 Å². The second-order valence-corrected chi connectivity index (χ2v) is 5.68. The molecule has 1 amide bonds. The van der Waals surface area contributed by atoms with Crippen LogP contribution in [0.1, 0.15) is 37.7 Å². The fourth-order valence-electron chi connectivity index (χ4n) is 2.79. The Bertz CT molecular complexity index is 442. The second kappa shape index (κ2) is 8.67. The predicted octanol–water partition coefficient (Wildman–Crippen LogP) is 2.28. The Hall–Kier alpha value is -1.55. The van der Waals surface area contributed by atoms with E-state index >= 15 is 0 Å². The van der Waals surface area contributed by atoms with Gasteiger partial charge in [-0.2, -0.15) is 0 Å². The molecule has 1 fully saturated rings. The average Bonchev–Trinajstić information content (AvgIpc) is 2.53. The molecule has 1 aliphatic carbocycles. The maximum atomic E-state index is 11.8. The third kappa shape index (κ3) is 5.76. The molecule has 0 spiro atoms. The third-order valence-electron chi connectivity index (χ3n) is 3.98. The predicted molar refractivity (Wildman–Crippen MR) is 84.6 cm³/mol. The Kier molecular flexibility index (Phi) is 6.54. The van der Waals surface area contributed by atoms with E-state index in [1.807, 2.05) is 18.2 Å². The van der Waals surface area contributed by atoms with Gasteiger partial charge >= 0.3 is 0 Å². The number of hydrogen-bond donors (Lipinski definition) is 2. The molecule has 4 heteroatoms. The standard InChI is InChI=1S/C17H26N2O2/c1-21-16-9-5-6-14(12-16)10-11-18-13-17(20)19-15-7-3-2-4-8-15/h5-6,9,12,15,18H,2-4,7-8,10-11,13H2,1H3,(H,19,20). The fraction of sp³-hybridized carbons (Fsp3) is 0.588. The maximum Gasteiger partial charge on any atom is 0.234 e. The molecule has 1 aromatic carbocycles. The molecule has 0 aromatic heterocycles. The summed E-state index contributed by atoms with van der Waals surface area (Å²) in [6.07, 6.45) is 6.96. The maximum absolute atomic E-state index is 11.8. The Morgan fingerprint density at radius 2 is 2.10 bits per heavy atom. The normalized spacial score (nSPS) is 15.7. The Balaban J connectivity index is 1.61. The summed E-state index contributed by atoms with van der Waals surface area (Å²) in [4.78, 5) is 11.8. The zero-order valence-electron chi connectivity index (χ0n) is 12.9. The van der Waals surface area contributed by atoms with Gasteiger partial charge in [0.2, 0.25) is 5.91 Å². The van der Waals surface area contributed by atoms with Crippen LogP contribution in [0.5, 0.6) is 5.75 Å². The summed E-state index contributed by atoms with van der Waals surface area (Å²) >= 11 is 0. The number of amides is 1. The fourth-order valence-corrected chi connectivity index (χ4v) is 2.79. The summed E-state index contributed by atoms with van der Waals surface area (Å²) in [7, 11) is 1.67. The number of carbonyl (C=O) groups excluding carboxylic acids is 1. The van der Waals surface area contributed by atoms with Crippen LogP contribution in [0.15, 0.2) is 24.3 Å². The number of hydrogen-bond acceptors (Lipinski definition) is 3. The van der Waals surface area contributed by atoms with Gasteiger partial charge in [-0.15, -0.1) is 0 Å². The zero-order valence-corrected chi connectivity index (χ0v) is 12.9. The van der Waals surface area contributed by atoms with E-state index in [-0.39, 0.29) is 5.91 Å². The molecule has 0 atom stereocenters. The highest BCUT2D eigenvalue weighted by Crippen LogP contribution is 2.17. The third-order valence-corrected chi connectivity index (χ3v) is 3.98. The molecule has 0 unspecified atom stereocenters. The van der Waals surface area contributed by atoms with Gasteiger partial charge in [-0.05, 0) is 43.5 Å². The van der Waals surface area contributed by atoms with Crippen LogP contribution in [0.4, 0.5) is 0 Å². The molecule has 0 heterocycles. The van der Waals surface area contributed by atoms with Crippen molar-refractivity contribution in [3.63, 3.8) is 0 Å². The van der Waals surface area contributed by atoms with Gasteiger partial charge in [0.1, 0.15) is 5.75 Å². The van der Waals surface area contributed by atoms with Gasteiger partial charge in [-0.3, -0.25) is 4.79 Å². The summed E-state index contributed by atoms with van der Waals surface area (Å²) in [6, 6.07) is 8.43. The molecular weight excluding hydrogens is 264 g/mol. The summed E-state index contributed by atoms with van der Waals surface area (Å²) in [6.45, 7) is 1.20. The molecule has 1 aromatic rings. The molecule has 2 N–H and O–H groups in total. The van der Waals surface area contributed by atoms with E-state index in [0.29, 0.717) is 12.6 Å². The summed E-state index contributed by atoms with van der Waals surface area (Å²) < 4.78 is 5.20. The molecule has 2 rings (SSSR count). The van der Waals surface area contributed by atoms with Crippen LogP contribution in [0, 0.1) is 0 Å². The molecule has 0 saturated heterocycles. The van der Waals surface area contributed by atoms with Gasteiger partial charge in [0, 0.05) is 6.04 Å². The molecule has 0 aliphatic heterocycles. The van der Waals surface area contributed by atoms with Crippen LogP contribution < -0.4 is 15.4 Å². The molecule has 0 radical (unpaired) electrons. The number of benzene rings is 1. The van der Waals surface area contributed by atoms with E-state index in [1.165, 1.54) is 24.8 Å². The van der Waals surface area contributed by atoms with Crippen molar-refractivity contribution in [2.75, 3.05) is 20.2 Å². The smallest absolute Gasteiger partial charge is 0.234 e. The largest absolute Gasteiger partial charge is 0.497 e. The number of rotatable bonds is 7. The van der Waals surface area contributed by atoms with E-state index in [1.54, 1.807) is 7.11 Å². The van der Waals surface area contributed by atoms with E-state index < -0.39 is 0 Å². The Labute approximate surface area is 127 Å². The molecule has 1 aliphatic rings. The molecule has 21 heavy (non-hydrogen) atoms. The highest BCUT2D eigenvalue weighted by molar-refractivity contribution is 5.78. The summed E-state index contributed by atoms with van der Waals surface area (Å²) in [5, 5.41) is 6.32. The van der Waals surface area contributed by atoms with Gasteiger partial charge in [-0.25, -0.2) is 0 Å². The van der Waals surface area contributed by atoms with Gasteiger partial charge in [-0.1, -0.05) is 31.4 Å². The topological polar surface area (TPSA) is 50.4 Å². The SMILES string of the molecule is COc1cccc(CCNCC(=O)NC2CCCCC2)c1. The van der Waals surface area contributed by atoms with Crippen LogP contribution in [0.25, 0.3) is 0 Å². The lowest BCUT2D eigenvalue weighted by Crippen LogP contribution is -2.41. The Morgan fingerprint density at radius 1 is 1.29 bits per heavy atom. The Morgan fingerprint density at radius 3 is 2.86 bits per heavy atom. The van der Waals surface area contributed by atoms with E-state index in [4.69, 9.17) is 4.74 Å². The van der Waals surface area contributed by atoms with Crippen molar-refractivity contribution < 1.29 is 9.53 Å². The molecular formula is C17H26N2O2. The minimum Gasteiger partial charge on any atom is -0.497 e. The van der Waals surface area contributed by atoms with Gasteiger partial charge in [0.05, 0.1) is 13.7 Å². The quantitative estimate of drug-likeness (QED) is 0.758. The molecule has 0 bridgehead atoms. The van der Waals surface area contributed by atoms with Crippen LogP contribution in [-0.4, -0.2) is 32.1 Å². The minimum absolute atomic E-state index is 0.118. The molecule has 116 valence electrons. The average molecular weight is 290 g/mol. The van der Waals surface area contributed by atoms with Gasteiger partial charge in [0.25, 0.3) is 0 Å². The molecule has 4 nitrogen and oxygen atoms in total. The van der Waals surface area contributed by atoms with Crippen molar-refractivity contribution in [1.82, 2.24) is 10.6 Å². The van der Waals surface area contributed by atoms with Gasteiger partial charge in [0.15, 0.2) is 0 Å². The minimum atomic E-state index is 0.118. The van der Waals surface area contributed by atoms with Crippen LogP contribution >= 0.6 is 0 Å². The van der Waals surface area contributed by atoms with E-state index in [0.717, 1.165) is 31.6 Å². The van der Waals surface area contributed by atoms with Crippen LogP contribution in [-0.2, 0) is 11.2 Å². The van der Waals surface area contributed by atoms with Crippen molar-refractivity contribution in [2.24, 2.45) is 0 Å². The number of carbonyl (C=O) groups is 1. The highest BCUT2D eigenvalue weighted by atomic mass is 16.5. The van der Waals surface area contributed by atoms with Crippen LogP contribution in [0.2, 0.25) is 0 Å². The van der Waals surface area contributed by atoms with Crippen molar-refractivity contribution in [3.8, 4) is 5.75 Å². The summed E-state index contributed by atoms with van der Waals surface area (Å²) in [5.41, 5.74) is 1.22. The molecule has 1 saturated carbocycles. The van der Waals surface area contributed by atoms with Crippen LogP contribution in [0.3, 0.4) is 0 Å². The zero-order chi connectivity index (χ0) is 14.9. The first-order valence-electron chi connectivity index (χ1n) is 7.91. The lowest BCUT2D eigenvalue weighted by atomic mass is 9.95. The number of methoxy groups -OCH3 is 1. The van der Waals surface area contributed by atoms with E-state index in [2.05, 4.69) is 16.7 Å². The first-order chi connectivity index (χ1) is 10.3. The second-order valence-electron chi connectivity index (χ2n) is 5.68. The van der Waals surface area contributed by atoms with Crippen molar-refractivity contribution in [3.05, 3.63) is 29.8 Å². The number of nitrogens with one attached hydrogen (secondary N) is 2. The van der Waals surface area contributed by atoms with E-state index in [9.17, 15) is 4.79 Å². The highest BCUT2D eigenvalue weighted by Gasteiger charge is 2.14. The first-order valence-corrected chi connectivity index (χ1v) is 7.91.